The molecule has 0 nitrogen and oxygen atoms in total. The fourth-order valence-corrected chi connectivity index (χ4v) is 10.4. The average Bonchev–Trinajstić information content (AvgIpc) is 3.31. The normalized spacial score (nSPS) is 20.5. The highest BCUT2D eigenvalue weighted by Gasteiger charge is 2.45. The molecule has 0 fully saturated rings. The molecule has 0 saturated carbocycles. The summed E-state index contributed by atoms with van der Waals surface area (Å²) in [5.74, 6) is 0.584. The van der Waals surface area contributed by atoms with Gasteiger partial charge in [0.2, 0.25) is 6.71 Å². The van der Waals surface area contributed by atoms with Gasteiger partial charge in [-0.15, -0.1) is 0 Å². The number of allylic oxidation sites excluding steroid dienone is 14. The SMILES string of the molecule is CC1=C(c2cc3c(cc2C)C(C)(C)c2ccccc2-3)C2C=C(/C(C3=CC=CCC=C3)=C(\C)c3ccccc3)C(C)=C(B1c1cc(C(C)(C)C)ccc1C)C2C. The van der Waals surface area contributed by atoms with Crippen molar-refractivity contribution in [3.63, 3.8) is 0 Å². The lowest BCUT2D eigenvalue weighted by molar-refractivity contribution is 0.587. The van der Waals surface area contributed by atoms with Crippen LogP contribution in [0.5, 0.6) is 0 Å². The molecule has 0 saturated heterocycles. The Morgan fingerprint density at radius 1 is 0.764 bits per heavy atom. The molecule has 276 valence electrons. The topological polar surface area (TPSA) is 0 Å². The second-order valence-corrected chi connectivity index (χ2v) is 18.3. The Hall–Kier alpha value is -4.88. The summed E-state index contributed by atoms with van der Waals surface area (Å²) < 4.78 is 0. The summed E-state index contributed by atoms with van der Waals surface area (Å²) in [7, 11) is 0. The van der Waals surface area contributed by atoms with E-state index in [-0.39, 0.29) is 23.5 Å². The molecule has 4 aliphatic rings. The van der Waals surface area contributed by atoms with Crippen molar-refractivity contribution in [2.45, 2.75) is 93.4 Å². The maximum atomic E-state index is 2.67. The molecule has 55 heavy (non-hydrogen) atoms. The predicted molar refractivity (Wildman–Crippen MR) is 240 cm³/mol. The van der Waals surface area contributed by atoms with E-state index < -0.39 is 0 Å². The van der Waals surface area contributed by atoms with Crippen molar-refractivity contribution in [3.8, 4) is 11.1 Å². The molecule has 0 aromatic heterocycles. The Morgan fingerprint density at radius 3 is 2.24 bits per heavy atom. The summed E-state index contributed by atoms with van der Waals surface area (Å²) in [5.41, 5.74) is 25.3. The number of hydrogen-bond donors (Lipinski definition) is 0. The van der Waals surface area contributed by atoms with Crippen molar-refractivity contribution in [2.24, 2.45) is 11.8 Å². The zero-order valence-corrected chi connectivity index (χ0v) is 35.0. The molecule has 0 N–H and O–H groups in total. The molecule has 2 atom stereocenters. The van der Waals surface area contributed by atoms with Gasteiger partial charge in [0, 0.05) is 11.3 Å². The monoisotopic (exact) mass is 716 g/mol. The van der Waals surface area contributed by atoms with Crippen LogP contribution in [0, 0.1) is 25.7 Å². The van der Waals surface area contributed by atoms with E-state index in [9.17, 15) is 0 Å². The highest BCUT2D eigenvalue weighted by molar-refractivity contribution is 6.87. The van der Waals surface area contributed by atoms with E-state index in [0.717, 1.165) is 6.42 Å². The second kappa shape index (κ2) is 13.7. The van der Waals surface area contributed by atoms with E-state index in [2.05, 4.69) is 198 Å². The molecule has 1 heterocycles. The van der Waals surface area contributed by atoms with Crippen LogP contribution in [-0.2, 0) is 10.8 Å². The highest BCUT2D eigenvalue weighted by atomic mass is 14.4. The van der Waals surface area contributed by atoms with Gasteiger partial charge in [-0.25, -0.2) is 0 Å². The highest BCUT2D eigenvalue weighted by Crippen LogP contribution is 2.55. The van der Waals surface area contributed by atoms with Crippen LogP contribution in [-0.4, -0.2) is 6.71 Å². The first-order valence-corrected chi connectivity index (χ1v) is 20.5. The maximum absolute atomic E-state index is 2.67. The van der Waals surface area contributed by atoms with Crippen LogP contribution in [0.1, 0.15) is 108 Å². The molecule has 2 bridgehead atoms. The number of fused-ring (bicyclic) bond motifs is 5. The van der Waals surface area contributed by atoms with Crippen LogP contribution in [0.25, 0.3) is 22.3 Å². The van der Waals surface area contributed by atoms with Crippen molar-refractivity contribution in [1.82, 2.24) is 0 Å². The van der Waals surface area contributed by atoms with Gasteiger partial charge in [-0.3, -0.25) is 0 Å². The fraction of sp³-hybridized carbons (Fsp3) is 0.296. The van der Waals surface area contributed by atoms with E-state index in [0.29, 0.717) is 5.92 Å². The molecule has 3 aliphatic carbocycles. The van der Waals surface area contributed by atoms with Crippen LogP contribution < -0.4 is 5.46 Å². The zero-order valence-electron chi connectivity index (χ0n) is 35.0. The van der Waals surface area contributed by atoms with E-state index in [1.54, 1.807) is 5.47 Å². The summed E-state index contributed by atoms with van der Waals surface area (Å²) in [6.07, 6.45) is 15.1. The molecule has 4 aromatic carbocycles. The van der Waals surface area contributed by atoms with Gasteiger partial charge in [0.05, 0.1) is 0 Å². The van der Waals surface area contributed by atoms with Gasteiger partial charge in [-0.05, 0) is 124 Å². The first kappa shape index (κ1) is 37.1. The van der Waals surface area contributed by atoms with Crippen molar-refractivity contribution in [3.05, 3.63) is 194 Å². The van der Waals surface area contributed by atoms with Crippen molar-refractivity contribution >= 4 is 23.3 Å². The Bertz CT molecular complexity index is 2460. The average molecular weight is 717 g/mol. The third-order valence-electron chi connectivity index (χ3n) is 13.5. The quantitative estimate of drug-likeness (QED) is 0.180. The van der Waals surface area contributed by atoms with Gasteiger partial charge < -0.3 is 0 Å². The Labute approximate surface area is 332 Å². The Morgan fingerprint density at radius 2 is 1.49 bits per heavy atom. The van der Waals surface area contributed by atoms with Crippen molar-refractivity contribution < 1.29 is 0 Å². The van der Waals surface area contributed by atoms with Gasteiger partial charge in [-0.1, -0.05) is 191 Å². The molecule has 1 heteroatoms. The third kappa shape index (κ3) is 6.06. The van der Waals surface area contributed by atoms with Gasteiger partial charge in [0.1, 0.15) is 0 Å². The standard InChI is InChI=1S/C54H57B/c1-33-27-28-41(53(7,8)9)30-49(33)55-38(6)51(43-31-46-42-25-19-20-26-47(42)54(10,11)48(46)29-34(43)2)45-32-44(36(4)52(55)37(45)5)50(40-23-15-12-13-16-24-40)35(3)39-21-17-14-18-22-39/h12,14-32,37,45H,13H2,1-11H3/b50-35+. The summed E-state index contributed by atoms with van der Waals surface area (Å²) in [5, 5.41) is 0. The van der Waals surface area contributed by atoms with Gasteiger partial charge in [-0.2, -0.15) is 0 Å². The van der Waals surface area contributed by atoms with Crippen LogP contribution >= 0.6 is 0 Å². The molecular weight excluding hydrogens is 659 g/mol. The lowest BCUT2D eigenvalue weighted by Crippen LogP contribution is -2.46. The molecular formula is C54H57B. The van der Waals surface area contributed by atoms with Crippen LogP contribution in [0.15, 0.2) is 155 Å². The summed E-state index contributed by atoms with van der Waals surface area (Å²) in [6, 6.07) is 32.5. The predicted octanol–water partition coefficient (Wildman–Crippen LogP) is 13.6. The van der Waals surface area contributed by atoms with Gasteiger partial charge >= 0.3 is 0 Å². The minimum atomic E-state index is -0.0282. The van der Waals surface area contributed by atoms with Crippen LogP contribution in [0.2, 0.25) is 0 Å². The number of rotatable bonds is 5. The van der Waals surface area contributed by atoms with E-state index in [1.165, 1.54) is 94.4 Å². The van der Waals surface area contributed by atoms with Crippen molar-refractivity contribution in [2.75, 3.05) is 0 Å². The lowest BCUT2D eigenvalue weighted by Gasteiger charge is -2.44. The number of benzene rings is 4. The smallest absolute Gasteiger partial charge is 0.0897 e. The van der Waals surface area contributed by atoms with Crippen molar-refractivity contribution in [1.29, 1.82) is 0 Å². The molecule has 0 radical (unpaired) electrons. The Kier molecular flexibility index (Phi) is 9.23. The fourth-order valence-electron chi connectivity index (χ4n) is 10.4. The Balaban J connectivity index is 1.45. The van der Waals surface area contributed by atoms with Crippen LogP contribution in [0.4, 0.5) is 0 Å². The lowest BCUT2D eigenvalue weighted by atomic mass is 9.28. The number of aryl methyl sites for hydroxylation is 2. The molecule has 2 unspecified atom stereocenters. The number of hydrogen-bond acceptors (Lipinski definition) is 0. The summed E-state index contributed by atoms with van der Waals surface area (Å²) in [4.78, 5) is 0. The zero-order chi connectivity index (χ0) is 39.0. The first-order chi connectivity index (χ1) is 26.2. The van der Waals surface area contributed by atoms with Gasteiger partial charge in [0.25, 0.3) is 0 Å². The summed E-state index contributed by atoms with van der Waals surface area (Å²) in [6.45, 7) is 26.5. The third-order valence-corrected chi connectivity index (χ3v) is 13.5. The maximum Gasteiger partial charge on any atom is 0.233 e. The minimum Gasteiger partial charge on any atom is -0.0897 e. The van der Waals surface area contributed by atoms with E-state index in [1.807, 2.05) is 0 Å². The van der Waals surface area contributed by atoms with E-state index in [4.69, 9.17) is 0 Å². The molecule has 4 aromatic rings. The molecule has 0 spiro atoms. The largest absolute Gasteiger partial charge is 0.233 e. The minimum absolute atomic E-state index is 0.0282. The second-order valence-electron chi connectivity index (χ2n) is 18.3. The molecule has 0 amide bonds. The van der Waals surface area contributed by atoms with Crippen LogP contribution in [0.3, 0.4) is 0 Å². The molecule has 8 rings (SSSR count). The first-order valence-electron chi connectivity index (χ1n) is 20.5. The van der Waals surface area contributed by atoms with E-state index >= 15 is 0 Å². The molecule has 1 aliphatic heterocycles. The summed E-state index contributed by atoms with van der Waals surface area (Å²) >= 11 is 0. The van der Waals surface area contributed by atoms with Gasteiger partial charge in [0.15, 0.2) is 0 Å².